The number of ether oxygens (including phenoxy) is 1. The van der Waals surface area contributed by atoms with E-state index in [4.69, 9.17) is 4.74 Å². The number of fused-ring (bicyclic) bond motifs is 1. The maximum absolute atomic E-state index is 12.9. The number of hydrogen-bond acceptors (Lipinski definition) is 4. The zero-order valence-electron chi connectivity index (χ0n) is 20.6. The molecule has 0 radical (unpaired) electrons. The molecular weight excluding hydrogens is 434 g/mol. The van der Waals surface area contributed by atoms with Gasteiger partial charge in [-0.25, -0.2) is 0 Å². The van der Waals surface area contributed by atoms with Crippen molar-refractivity contribution in [2.24, 2.45) is 0 Å². The van der Waals surface area contributed by atoms with Crippen molar-refractivity contribution in [2.75, 3.05) is 51.3 Å². The van der Waals surface area contributed by atoms with Gasteiger partial charge in [0.15, 0.2) is 0 Å². The van der Waals surface area contributed by atoms with E-state index >= 15 is 0 Å². The van der Waals surface area contributed by atoms with Gasteiger partial charge in [0.1, 0.15) is 0 Å². The molecular formula is C30H35N3O2. The van der Waals surface area contributed by atoms with Crippen molar-refractivity contribution in [1.29, 1.82) is 0 Å². The van der Waals surface area contributed by atoms with Crippen molar-refractivity contribution < 1.29 is 9.53 Å². The molecule has 3 aromatic rings. The van der Waals surface area contributed by atoms with Gasteiger partial charge in [-0.3, -0.25) is 9.69 Å². The smallest absolute Gasteiger partial charge is 0.224 e. The van der Waals surface area contributed by atoms with E-state index < -0.39 is 0 Å². The summed E-state index contributed by atoms with van der Waals surface area (Å²) in [5.74, 6) is 0.0633. The van der Waals surface area contributed by atoms with Crippen molar-refractivity contribution in [3.8, 4) is 11.1 Å². The molecule has 35 heavy (non-hydrogen) atoms. The largest absolute Gasteiger partial charge is 0.379 e. The fourth-order valence-corrected chi connectivity index (χ4v) is 5.26. The average Bonchev–Trinajstić information content (AvgIpc) is 2.90. The quantitative estimate of drug-likeness (QED) is 0.555. The maximum atomic E-state index is 12.9. The highest BCUT2D eigenvalue weighted by Crippen LogP contribution is 2.31. The molecule has 0 bridgehead atoms. The molecule has 1 saturated heterocycles. The number of carbonyl (C=O) groups is 1. The predicted octanol–water partition coefficient (Wildman–Crippen LogP) is 4.47. The summed E-state index contributed by atoms with van der Waals surface area (Å²) >= 11 is 0. The van der Waals surface area contributed by atoms with E-state index in [-0.39, 0.29) is 11.9 Å². The third kappa shape index (κ3) is 5.75. The van der Waals surface area contributed by atoms with Crippen molar-refractivity contribution in [3.05, 3.63) is 89.5 Å². The van der Waals surface area contributed by atoms with Gasteiger partial charge in [-0.15, -0.1) is 0 Å². The molecule has 1 fully saturated rings. The van der Waals surface area contributed by atoms with Gasteiger partial charge in [-0.05, 0) is 46.7 Å². The molecule has 0 spiro atoms. The van der Waals surface area contributed by atoms with Crippen molar-refractivity contribution in [2.45, 2.75) is 25.3 Å². The Hall–Kier alpha value is -3.15. The Morgan fingerprint density at radius 1 is 0.943 bits per heavy atom. The van der Waals surface area contributed by atoms with Crippen LogP contribution in [-0.2, 0) is 22.4 Å². The molecule has 5 rings (SSSR count). The zero-order valence-corrected chi connectivity index (χ0v) is 20.6. The minimum Gasteiger partial charge on any atom is -0.379 e. The number of morpholine rings is 1. The fraction of sp³-hybridized carbons (Fsp3) is 0.367. The monoisotopic (exact) mass is 469 g/mol. The molecule has 0 aliphatic carbocycles. The minimum atomic E-state index is 0.0633. The molecule has 0 aromatic heterocycles. The van der Waals surface area contributed by atoms with Crippen LogP contribution in [-0.4, -0.2) is 57.2 Å². The van der Waals surface area contributed by atoms with Crippen LogP contribution in [0, 0.1) is 0 Å². The number of hydrogen-bond donors (Lipinski definition) is 1. The number of carbonyl (C=O) groups excluding carboxylic acids is 1. The molecule has 5 nitrogen and oxygen atoms in total. The molecule has 0 unspecified atom stereocenters. The third-order valence-corrected chi connectivity index (χ3v) is 7.24. The Kier molecular flexibility index (Phi) is 7.45. The van der Waals surface area contributed by atoms with Gasteiger partial charge >= 0.3 is 0 Å². The topological polar surface area (TPSA) is 44.8 Å². The Morgan fingerprint density at radius 3 is 2.46 bits per heavy atom. The van der Waals surface area contributed by atoms with Crippen LogP contribution in [0.25, 0.3) is 11.1 Å². The normalized spacial score (nSPS) is 17.0. The van der Waals surface area contributed by atoms with Gasteiger partial charge in [-0.1, -0.05) is 66.7 Å². The Morgan fingerprint density at radius 2 is 1.69 bits per heavy atom. The van der Waals surface area contributed by atoms with E-state index in [0.717, 1.165) is 44.8 Å². The summed E-state index contributed by atoms with van der Waals surface area (Å²) in [4.78, 5) is 17.7. The lowest BCUT2D eigenvalue weighted by molar-refractivity contribution is -0.120. The second-order valence-electron chi connectivity index (χ2n) is 9.62. The first kappa shape index (κ1) is 23.6. The molecule has 2 heterocycles. The van der Waals surface area contributed by atoms with Gasteiger partial charge in [0, 0.05) is 38.9 Å². The van der Waals surface area contributed by atoms with Crippen LogP contribution in [0.15, 0.2) is 72.8 Å². The predicted molar refractivity (Wildman–Crippen MR) is 142 cm³/mol. The fourth-order valence-electron chi connectivity index (χ4n) is 5.26. The van der Waals surface area contributed by atoms with Crippen LogP contribution in [0.3, 0.4) is 0 Å². The Balaban J connectivity index is 1.25. The van der Waals surface area contributed by atoms with Crippen molar-refractivity contribution in [3.63, 3.8) is 0 Å². The van der Waals surface area contributed by atoms with Crippen LogP contribution in [0.2, 0.25) is 0 Å². The minimum absolute atomic E-state index is 0.0633. The van der Waals surface area contributed by atoms with E-state index in [0.29, 0.717) is 13.0 Å². The number of aryl methyl sites for hydroxylation is 1. The number of rotatable bonds is 7. The van der Waals surface area contributed by atoms with Crippen LogP contribution >= 0.6 is 0 Å². The number of nitrogens with one attached hydrogen (secondary N) is 1. The summed E-state index contributed by atoms with van der Waals surface area (Å²) in [5, 5.41) is 3.23. The van der Waals surface area contributed by atoms with Gasteiger partial charge in [0.25, 0.3) is 0 Å². The van der Waals surface area contributed by atoms with E-state index in [1.807, 2.05) is 18.2 Å². The SMILES string of the molecule is CN1CCCc2cc([C@H](CNC(=O)Cc3ccc(-c4ccccc4)cc3)N3CCOCC3)ccc21. The maximum Gasteiger partial charge on any atom is 0.224 e. The number of anilines is 1. The highest BCUT2D eigenvalue weighted by atomic mass is 16.5. The first-order valence-corrected chi connectivity index (χ1v) is 12.7. The second kappa shape index (κ2) is 11.1. The van der Waals surface area contributed by atoms with E-state index in [1.54, 1.807) is 0 Å². The number of benzene rings is 3. The van der Waals surface area contributed by atoms with E-state index in [9.17, 15) is 4.79 Å². The number of amides is 1. The van der Waals surface area contributed by atoms with Gasteiger partial charge in [0.2, 0.25) is 5.91 Å². The standard InChI is InChI=1S/C30H35N3O2/c1-32-15-5-8-26-21-27(13-14-28(26)32)29(33-16-18-35-19-17-33)22-31-30(34)20-23-9-11-25(12-10-23)24-6-3-2-4-7-24/h2-4,6-7,9-14,21,29H,5,8,15-20,22H2,1H3,(H,31,34)/t29-/m0/s1. The highest BCUT2D eigenvalue weighted by molar-refractivity contribution is 5.79. The molecule has 3 aromatic carbocycles. The third-order valence-electron chi connectivity index (χ3n) is 7.24. The Bertz CT molecular complexity index is 1120. The molecule has 0 saturated carbocycles. The lowest BCUT2D eigenvalue weighted by atomic mass is 9.95. The summed E-state index contributed by atoms with van der Waals surface area (Å²) in [6.07, 6.45) is 2.70. The van der Waals surface area contributed by atoms with Gasteiger partial charge < -0.3 is 15.0 Å². The van der Waals surface area contributed by atoms with Crippen LogP contribution in [0.5, 0.6) is 0 Å². The summed E-state index contributed by atoms with van der Waals surface area (Å²) in [7, 11) is 2.17. The lowest BCUT2D eigenvalue weighted by Crippen LogP contribution is -2.44. The van der Waals surface area contributed by atoms with Crippen LogP contribution in [0.4, 0.5) is 5.69 Å². The van der Waals surface area contributed by atoms with Crippen LogP contribution < -0.4 is 10.2 Å². The number of nitrogens with zero attached hydrogens (tertiary/aromatic N) is 2. The summed E-state index contributed by atoms with van der Waals surface area (Å²) in [5.41, 5.74) is 7.42. The van der Waals surface area contributed by atoms with Gasteiger partial charge in [-0.2, -0.15) is 0 Å². The molecule has 1 atom stereocenters. The molecule has 1 amide bonds. The molecule has 1 N–H and O–H groups in total. The Labute approximate surface area is 208 Å². The van der Waals surface area contributed by atoms with Crippen molar-refractivity contribution in [1.82, 2.24) is 10.2 Å². The van der Waals surface area contributed by atoms with Gasteiger partial charge in [0.05, 0.1) is 25.7 Å². The summed E-state index contributed by atoms with van der Waals surface area (Å²) in [6, 6.07) is 25.6. The molecule has 2 aliphatic rings. The first-order chi connectivity index (χ1) is 17.2. The molecule has 5 heteroatoms. The lowest BCUT2D eigenvalue weighted by Gasteiger charge is -2.36. The summed E-state index contributed by atoms with van der Waals surface area (Å²) < 4.78 is 5.60. The van der Waals surface area contributed by atoms with Crippen LogP contribution in [0.1, 0.15) is 29.2 Å². The van der Waals surface area contributed by atoms with Crippen molar-refractivity contribution >= 4 is 11.6 Å². The summed E-state index contributed by atoms with van der Waals surface area (Å²) in [6.45, 7) is 4.98. The second-order valence-corrected chi connectivity index (χ2v) is 9.62. The highest BCUT2D eigenvalue weighted by Gasteiger charge is 2.25. The molecule has 182 valence electrons. The first-order valence-electron chi connectivity index (χ1n) is 12.7. The molecule has 2 aliphatic heterocycles. The van der Waals surface area contributed by atoms with E-state index in [1.165, 1.54) is 34.4 Å². The zero-order chi connectivity index (χ0) is 24.0. The average molecular weight is 470 g/mol. The van der Waals surface area contributed by atoms with E-state index in [2.05, 4.69) is 76.8 Å².